The fourth-order valence-electron chi connectivity index (χ4n) is 2.21. The highest BCUT2D eigenvalue weighted by Gasteiger charge is 2.12. The summed E-state index contributed by atoms with van der Waals surface area (Å²) in [7, 11) is 0. The second-order valence-electron chi connectivity index (χ2n) is 6.09. The van der Waals surface area contributed by atoms with Crippen LogP contribution in [0.2, 0.25) is 0 Å². The molecule has 6 N–H and O–H groups in total. The van der Waals surface area contributed by atoms with Crippen molar-refractivity contribution in [3.05, 3.63) is 69.7 Å². The number of halogens is 1. The summed E-state index contributed by atoms with van der Waals surface area (Å²) in [6.45, 7) is 6.08. The molecule has 0 heterocycles. The third kappa shape index (κ3) is 11.4. The van der Waals surface area contributed by atoms with E-state index in [4.69, 9.17) is 21.7 Å². The van der Waals surface area contributed by atoms with Crippen LogP contribution in [0.4, 0.5) is 0 Å². The third-order valence-corrected chi connectivity index (χ3v) is 4.42. The molecule has 0 aromatic heterocycles. The number of carboxylic acid groups (broad SMARTS) is 2. The van der Waals surface area contributed by atoms with Crippen molar-refractivity contribution in [1.29, 1.82) is 0 Å². The second-order valence-corrected chi connectivity index (χ2v) is 7.01. The highest BCUT2D eigenvalue weighted by atomic mass is 79.9. The van der Waals surface area contributed by atoms with E-state index in [9.17, 15) is 9.59 Å². The van der Waals surface area contributed by atoms with Gasteiger partial charge in [0.25, 0.3) is 0 Å². The number of carbonyl (C=O) groups is 2. The van der Waals surface area contributed by atoms with Gasteiger partial charge in [0.05, 0.1) is 0 Å². The summed E-state index contributed by atoms with van der Waals surface area (Å²) in [6, 6.07) is 13.7. The largest absolute Gasteiger partial charge is 0.480 e. The molecule has 0 aliphatic rings. The van der Waals surface area contributed by atoms with Gasteiger partial charge in [0, 0.05) is 4.47 Å². The highest BCUT2D eigenvalue weighted by Crippen LogP contribution is 2.11. The summed E-state index contributed by atoms with van der Waals surface area (Å²) in [5.41, 5.74) is 13.9. The van der Waals surface area contributed by atoms with E-state index in [0.29, 0.717) is 12.8 Å². The number of aliphatic carboxylic acids is 2. The average Bonchev–Trinajstić information content (AvgIpc) is 2.72. The van der Waals surface area contributed by atoms with Crippen LogP contribution in [0, 0.1) is 0 Å². The van der Waals surface area contributed by atoms with Gasteiger partial charge in [-0.1, -0.05) is 73.1 Å². The van der Waals surface area contributed by atoms with Gasteiger partial charge in [-0.05, 0) is 48.1 Å². The van der Waals surface area contributed by atoms with Crippen LogP contribution in [0.25, 0.3) is 0 Å². The topological polar surface area (TPSA) is 127 Å². The van der Waals surface area contributed by atoms with Gasteiger partial charge in [-0.3, -0.25) is 9.59 Å². The standard InChI is InChI=1S/C11H15NO2.C9H10BrNO2.C2H6/c1-2-8-3-5-9(6-4-8)7-10(12)11(13)14;10-7-3-1-6(2-4-7)5-8(11)9(12)13;1-2/h3-6,10H,2,7,12H2,1H3,(H,13,14);1-4,8H,5,11H2,(H,12,13);1-2H3. The van der Waals surface area contributed by atoms with Gasteiger partial charge in [-0.2, -0.15) is 0 Å². The molecule has 2 unspecified atom stereocenters. The molecule has 29 heavy (non-hydrogen) atoms. The number of nitrogens with two attached hydrogens (primary N) is 2. The maximum Gasteiger partial charge on any atom is 0.320 e. The van der Waals surface area contributed by atoms with E-state index >= 15 is 0 Å². The lowest BCUT2D eigenvalue weighted by Crippen LogP contribution is -2.32. The van der Waals surface area contributed by atoms with E-state index in [1.54, 1.807) is 0 Å². The SMILES string of the molecule is CC.CCc1ccc(CC(N)C(=O)O)cc1.NC(Cc1ccc(Br)cc1)C(=O)O. The molecule has 2 aromatic rings. The molecule has 0 aliphatic carbocycles. The van der Waals surface area contributed by atoms with E-state index in [1.165, 1.54) is 5.56 Å². The fourth-order valence-corrected chi connectivity index (χ4v) is 2.48. The number of hydrogen-bond acceptors (Lipinski definition) is 4. The average molecular weight is 467 g/mol. The Morgan fingerprint density at radius 2 is 1.10 bits per heavy atom. The maximum atomic E-state index is 10.5. The Bertz CT molecular complexity index is 733. The molecule has 2 aromatic carbocycles. The molecule has 160 valence electrons. The molecule has 0 saturated heterocycles. The summed E-state index contributed by atoms with van der Waals surface area (Å²) in [6.07, 6.45) is 1.74. The quantitative estimate of drug-likeness (QED) is 0.493. The monoisotopic (exact) mass is 466 g/mol. The van der Waals surface area contributed by atoms with Gasteiger partial charge < -0.3 is 21.7 Å². The van der Waals surface area contributed by atoms with E-state index < -0.39 is 24.0 Å². The summed E-state index contributed by atoms with van der Waals surface area (Å²) in [4.78, 5) is 20.9. The molecule has 0 radical (unpaired) electrons. The lowest BCUT2D eigenvalue weighted by atomic mass is 10.0. The second kappa shape index (κ2) is 14.7. The lowest BCUT2D eigenvalue weighted by Gasteiger charge is -2.06. The third-order valence-electron chi connectivity index (χ3n) is 3.89. The summed E-state index contributed by atoms with van der Waals surface area (Å²) in [5.74, 6) is -1.92. The van der Waals surface area contributed by atoms with Crippen LogP contribution in [0.1, 0.15) is 37.5 Å². The number of benzene rings is 2. The summed E-state index contributed by atoms with van der Waals surface area (Å²) in [5, 5.41) is 17.2. The fraction of sp³-hybridized carbons (Fsp3) is 0.364. The smallest absolute Gasteiger partial charge is 0.320 e. The maximum absolute atomic E-state index is 10.5. The molecule has 2 rings (SSSR count). The Morgan fingerprint density at radius 3 is 1.41 bits per heavy atom. The van der Waals surface area contributed by atoms with E-state index in [0.717, 1.165) is 22.0 Å². The Balaban J connectivity index is 0.000000499. The predicted octanol–water partition coefficient (Wildman–Crippen LogP) is 3.63. The van der Waals surface area contributed by atoms with Crippen LogP contribution in [0.15, 0.2) is 53.0 Å². The molecule has 0 bridgehead atoms. The number of carboxylic acids is 2. The summed E-state index contributed by atoms with van der Waals surface area (Å²) >= 11 is 3.29. The van der Waals surface area contributed by atoms with Crippen molar-refractivity contribution in [3.8, 4) is 0 Å². The number of aryl methyl sites for hydroxylation is 1. The van der Waals surface area contributed by atoms with E-state index in [1.807, 2.05) is 62.4 Å². The van der Waals surface area contributed by atoms with Gasteiger partial charge >= 0.3 is 11.9 Å². The van der Waals surface area contributed by atoms with Crippen LogP contribution in [0.3, 0.4) is 0 Å². The molecule has 0 amide bonds. The number of hydrogen-bond donors (Lipinski definition) is 4. The lowest BCUT2D eigenvalue weighted by molar-refractivity contribution is -0.139. The van der Waals surface area contributed by atoms with Crippen LogP contribution in [-0.2, 0) is 28.9 Å². The van der Waals surface area contributed by atoms with Crippen molar-refractivity contribution in [2.24, 2.45) is 11.5 Å². The first kappa shape index (κ1) is 26.8. The van der Waals surface area contributed by atoms with Gasteiger partial charge in [0.15, 0.2) is 0 Å². The first-order valence-corrected chi connectivity index (χ1v) is 10.3. The molecule has 0 fully saturated rings. The van der Waals surface area contributed by atoms with Crippen molar-refractivity contribution >= 4 is 27.9 Å². The van der Waals surface area contributed by atoms with Crippen LogP contribution in [-0.4, -0.2) is 34.2 Å². The molecule has 0 spiro atoms. The Morgan fingerprint density at radius 1 is 0.793 bits per heavy atom. The zero-order chi connectivity index (χ0) is 22.4. The minimum absolute atomic E-state index is 0.364. The highest BCUT2D eigenvalue weighted by molar-refractivity contribution is 9.10. The van der Waals surface area contributed by atoms with Crippen molar-refractivity contribution in [3.63, 3.8) is 0 Å². The van der Waals surface area contributed by atoms with Crippen LogP contribution >= 0.6 is 15.9 Å². The Hall–Kier alpha value is -2.22. The van der Waals surface area contributed by atoms with Crippen LogP contribution < -0.4 is 11.5 Å². The molecule has 0 aliphatic heterocycles. The van der Waals surface area contributed by atoms with Gasteiger partial charge in [-0.15, -0.1) is 0 Å². The number of rotatable bonds is 7. The molecular weight excluding hydrogens is 436 g/mol. The van der Waals surface area contributed by atoms with Gasteiger partial charge in [0.2, 0.25) is 0 Å². The molecule has 0 saturated carbocycles. The van der Waals surface area contributed by atoms with Gasteiger partial charge in [-0.25, -0.2) is 0 Å². The van der Waals surface area contributed by atoms with E-state index in [2.05, 4.69) is 22.9 Å². The molecule has 7 heteroatoms. The normalized spacial score (nSPS) is 11.8. The first-order chi connectivity index (χ1) is 13.7. The Labute approximate surface area is 181 Å². The van der Waals surface area contributed by atoms with Gasteiger partial charge in [0.1, 0.15) is 12.1 Å². The first-order valence-electron chi connectivity index (χ1n) is 9.52. The summed E-state index contributed by atoms with van der Waals surface area (Å²) < 4.78 is 0.972. The van der Waals surface area contributed by atoms with Crippen molar-refractivity contribution in [2.75, 3.05) is 0 Å². The molecule has 2 atom stereocenters. The molecular formula is C22H31BrN2O4. The zero-order valence-electron chi connectivity index (χ0n) is 17.1. The van der Waals surface area contributed by atoms with Crippen molar-refractivity contribution in [2.45, 2.75) is 52.1 Å². The minimum Gasteiger partial charge on any atom is -0.480 e. The van der Waals surface area contributed by atoms with Crippen LogP contribution in [0.5, 0.6) is 0 Å². The van der Waals surface area contributed by atoms with Crippen molar-refractivity contribution < 1.29 is 19.8 Å². The Kier molecular flexibility index (Phi) is 13.6. The van der Waals surface area contributed by atoms with Crippen molar-refractivity contribution in [1.82, 2.24) is 0 Å². The molecule has 6 nitrogen and oxygen atoms in total. The minimum atomic E-state index is -0.970. The zero-order valence-corrected chi connectivity index (χ0v) is 18.7. The predicted molar refractivity (Wildman–Crippen MR) is 120 cm³/mol. The van der Waals surface area contributed by atoms with E-state index in [-0.39, 0.29) is 0 Å².